The van der Waals surface area contributed by atoms with Gasteiger partial charge in [0.15, 0.2) is 0 Å². The number of benzene rings is 1. The molecule has 1 aliphatic carbocycles. The summed E-state index contributed by atoms with van der Waals surface area (Å²) in [5.41, 5.74) is 2.67. The highest BCUT2D eigenvalue weighted by Crippen LogP contribution is 2.38. The number of aryl methyl sites for hydroxylation is 2. The van der Waals surface area contributed by atoms with E-state index in [1.807, 2.05) is 11.8 Å². The van der Waals surface area contributed by atoms with E-state index in [1.165, 1.54) is 28.9 Å². The summed E-state index contributed by atoms with van der Waals surface area (Å²) in [5.74, 6) is 0. The maximum absolute atomic E-state index is 9.77. The fraction of sp³-hybridized carbons (Fsp3) is 0.647. The molecule has 0 radical (unpaired) electrons. The molecule has 0 heterocycles. The number of likely N-dealkylation sites (N-methyl/N-ethyl adjacent to an activating group) is 1. The van der Waals surface area contributed by atoms with E-state index in [-0.39, 0.29) is 12.1 Å². The van der Waals surface area contributed by atoms with Gasteiger partial charge in [0.1, 0.15) is 0 Å². The molecule has 0 spiro atoms. The second-order valence-electron chi connectivity index (χ2n) is 6.05. The van der Waals surface area contributed by atoms with Crippen molar-refractivity contribution >= 4 is 11.8 Å². The minimum Gasteiger partial charge on any atom is -0.394 e. The SMILES string of the molecule is CCNC1(CO)CCCC(Sc2ccc(C)c(C)c2)C1. The minimum atomic E-state index is -0.0512. The molecule has 2 atom stereocenters. The molecule has 1 fully saturated rings. The Morgan fingerprint density at radius 2 is 2.15 bits per heavy atom. The first kappa shape index (κ1) is 15.9. The van der Waals surface area contributed by atoms with Gasteiger partial charge < -0.3 is 10.4 Å². The third kappa shape index (κ3) is 3.78. The third-order valence-corrected chi connectivity index (χ3v) is 5.70. The van der Waals surface area contributed by atoms with E-state index in [0.29, 0.717) is 5.25 Å². The predicted molar refractivity (Wildman–Crippen MR) is 87.5 cm³/mol. The lowest BCUT2D eigenvalue weighted by Gasteiger charge is -2.40. The van der Waals surface area contributed by atoms with Gasteiger partial charge in [0.2, 0.25) is 0 Å². The number of rotatable bonds is 5. The number of hydrogen-bond donors (Lipinski definition) is 2. The molecular weight excluding hydrogens is 266 g/mol. The smallest absolute Gasteiger partial charge is 0.0613 e. The Bertz CT molecular complexity index is 445. The summed E-state index contributed by atoms with van der Waals surface area (Å²) in [6.45, 7) is 7.65. The third-order valence-electron chi connectivity index (χ3n) is 4.44. The molecule has 1 aliphatic rings. The number of aliphatic hydroxyl groups excluding tert-OH is 1. The Labute approximate surface area is 127 Å². The molecule has 0 aliphatic heterocycles. The van der Waals surface area contributed by atoms with Crippen LogP contribution in [0, 0.1) is 13.8 Å². The van der Waals surface area contributed by atoms with Crippen LogP contribution in [0.5, 0.6) is 0 Å². The summed E-state index contributed by atoms with van der Waals surface area (Å²) in [4.78, 5) is 1.36. The lowest BCUT2D eigenvalue weighted by atomic mass is 9.82. The van der Waals surface area contributed by atoms with Crippen LogP contribution in [0.2, 0.25) is 0 Å². The van der Waals surface area contributed by atoms with Gasteiger partial charge in [-0.15, -0.1) is 11.8 Å². The molecule has 3 heteroatoms. The van der Waals surface area contributed by atoms with E-state index in [2.05, 4.69) is 44.3 Å². The predicted octanol–water partition coefficient (Wildman–Crippen LogP) is 3.68. The summed E-state index contributed by atoms with van der Waals surface area (Å²) in [6, 6.07) is 6.74. The van der Waals surface area contributed by atoms with Gasteiger partial charge in [-0.05, 0) is 62.9 Å². The number of nitrogens with one attached hydrogen (secondary N) is 1. The summed E-state index contributed by atoms with van der Waals surface area (Å²) >= 11 is 1.98. The molecule has 1 aromatic carbocycles. The van der Waals surface area contributed by atoms with Crippen molar-refractivity contribution in [2.75, 3.05) is 13.2 Å². The average Bonchev–Trinajstić information content (AvgIpc) is 2.44. The number of thioether (sulfide) groups is 1. The molecule has 0 bridgehead atoms. The van der Waals surface area contributed by atoms with Crippen molar-refractivity contribution in [3.63, 3.8) is 0 Å². The van der Waals surface area contributed by atoms with Crippen LogP contribution >= 0.6 is 11.8 Å². The highest BCUT2D eigenvalue weighted by atomic mass is 32.2. The lowest BCUT2D eigenvalue weighted by molar-refractivity contribution is 0.125. The van der Waals surface area contributed by atoms with Gasteiger partial charge >= 0.3 is 0 Å². The zero-order valence-electron chi connectivity index (χ0n) is 12.9. The van der Waals surface area contributed by atoms with Crippen LogP contribution in [0.3, 0.4) is 0 Å². The van der Waals surface area contributed by atoms with Crippen LogP contribution in [-0.4, -0.2) is 29.0 Å². The van der Waals surface area contributed by atoms with Crippen LogP contribution in [0.4, 0.5) is 0 Å². The number of aliphatic hydroxyl groups is 1. The van der Waals surface area contributed by atoms with Crippen molar-refractivity contribution < 1.29 is 5.11 Å². The standard InChI is InChI=1S/C17H27NOS/c1-4-18-17(12-19)9-5-6-16(11-17)20-15-8-7-13(2)14(3)10-15/h7-8,10,16,18-19H,4-6,9,11-12H2,1-3H3. The van der Waals surface area contributed by atoms with Gasteiger partial charge in [0, 0.05) is 15.7 Å². The molecule has 1 aromatic rings. The monoisotopic (exact) mass is 293 g/mol. The van der Waals surface area contributed by atoms with Crippen LogP contribution in [0.15, 0.2) is 23.1 Å². The van der Waals surface area contributed by atoms with Crippen LogP contribution in [0.1, 0.15) is 43.7 Å². The van der Waals surface area contributed by atoms with Gasteiger partial charge in [-0.2, -0.15) is 0 Å². The Hall–Kier alpha value is -0.510. The van der Waals surface area contributed by atoms with Crippen molar-refractivity contribution in [2.24, 2.45) is 0 Å². The van der Waals surface area contributed by atoms with Crippen LogP contribution < -0.4 is 5.32 Å². The van der Waals surface area contributed by atoms with Gasteiger partial charge in [-0.25, -0.2) is 0 Å². The quantitative estimate of drug-likeness (QED) is 0.868. The van der Waals surface area contributed by atoms with Crippen LogP contribution in [-0.2, 0) is 0 Å². The van der Waals surface area contributed by atoms with Crippen molar-refractivity contribution in [3.8, 4) is 0 Å². The Morgan fingerprint density at radius 1 is 1.35 bits per heavy atom. The highest BCUT2D eigenvalue weighted by Gasteiger charge is 2.35. The van der Waals surface area contributed by atoms with Gasteiger partial charge in [-0.1, -0.05) is 19.4 Å². The first-order chi connectivity index (χ1) is 9.58. The summed E-state index contributed by atoms with van der Waals surface area (Å²) < 4.78 is 0. The van der Waals surface area contributed by atoms with Crippen LogP contribution in [0.25, 0.3) is 0 Å². The zero-order valence-corrected chi connectivity index (χ0v) is 13.7. The van der Waals surface area contributed by atoms with Gasteiger partial charge in [0.05, 0.1) is 6.61 Å². The molecule has 2 N–H and O–H groups in total. The molecule has 112 valence electrons. The fourth-order valence-corrected chi connectivity index (χ4v) is 4.59. The Balaban J connectivity index is 2.03. The summed E-state index contributed by atoms with van der Waals surface area (Å²) in [5, 5.41) is 13.9. The van der Waals surface area contributed by atoms with E-state index < -0.39 is 0 Å². The van der Waals surface area contributed by atoms with Crippen molar-refractivity contribution in [3.05, 3.63) is 29.3 Å². The first-order valence-corrected chi connectivity index (χ1v) is 8.56. The molecule has 2 nitrogen and oxygen atoms in total. The highest BCUT2D eigenvalue weighted by molar-refractivity contribution is 8.00. The molecule has 2 unspecified atom stereocenters. The molecule has 0 saturated heterocycles. The van der Waals surface area contributed by atoms with E-state index in [9.17, 15) is 5.11 Å². The Morgan fingerprint density at radius 3 is 2.80 bits per heavy atom. The maximum Gasteiger partial charge on any atom is 0.0613 e. The minimum absolute atomic E-state index is 0.0512. The second kappa shape index (κ2) is 6.97. The molecule has 1 saturated carbocycles. The van der Waals surface area contributed by atoms with Gasteiger partial charge in [0.25, 0.3) is 0 Å². The van der Waals surface area contributed by atoms with Gasteiger partial charge in [-0.3, -0.25) is 0 Å². The average molecular weight is 293 g/mol. The van der Waals surface area contributed by atoms with Crippen molar-refractivity contribution in [1.29, 1.82) is 0 Å². The van der Waals surface area contributed by atoms with E-state index in [0.717, 1.165) is 19.4 Å². The zero-order chi connectivity index (χ0) is 14.6. The normalized spacial score (nSPS) is 26.7. The molecule has 0 amide bonds. The fourth-order valence-electron chi connectivity index (χ4n) is 3.12. The van der Waals surface area contributed by atoms with E-state index in [4.69, 9.17) is 0 Å². The topological polar surface area (TPSA) is 32.3 Å². The summed E-state index contributed by atoms with van der Waals surface area (Å²) in [7, 11) is 0. The Kier molecular flexibility index (Phi) is 5.53. The van der Waals surface area contributed by atoms with E-state index >= 15 is 0 Å². The van der Waals surface area contributed by atoms with E-state index in [1.54, 1.807) is 0 Å². The summed E-state index contributed by atoms with van der Waals surface area (Å²) in [6.07, 6.45) is 4.62. The van der Waals surface area contributed by atoms with Crippen molar-refractivity contribution in [2.45, 2.75) is 62.1 Å². The largest absolute Gasteiger partial charge is 0.394 e. The molecule has 2 rings (SSSR count). The molecule has 20 heavy (non-hydrogen) atoms. The maximum atomic E-state index is 9.77. The van der Waals surface area contributed by atoms with Crippen molar-refractivity contribution in [1.82, 2.24) is 5.32 Å². The molecular formula is C17H27NOS. The molecule has 0 aromatic heterocycles. The number of hydrogen-bond acceptors (Lipinski definition) is 3. The second-order valence-corrected chi connectivity index (χ2v) is 7.42. The first-order valence-electron chi connectivity index (χ1n) is 7.68. The lowest BCUT2D eigenvalue weighted by Crippen LogP contribution is -2.52.